The van der Waals surface area contributed by atoms with Gasteiger partial charge in [0.15, 0.2) is 0 Å². The van der Waals surface area contributed by atoms with Gasteiger partial charge in [0.25, 0.3) is 0 Å². The Balaban J connectivity index is 0.758. The molecule has 0 saturated heterocycles. The van der Waals surface area contributed by atoms with Gasteiger partial charge in [0.05, 0.1) is 0 Å². The van der Waals surface area contributed by atoms with E-state index in [9.17, 15) is 0 Å². The number of fused-ring (bicyclic) bond motifs is 8. The van der Waals surface area contributed by atoms with Gasteiger partial charge in [-0.1, -0.05) is 234 Å². The average Bonchev–Trinajstić information content (AvgIpc) is 4.07. The Bertz CT molecular complexity index is 4020. The number of anilines is 6. The Morgan fingerprint density at radius 2 is 0.538 bits per heavy atom. The third-order valence-corrected chi connectivity index (χ3v) is 16.8. The second-order valence-corrected chi connectivity index (χ2v) is 22.2. The summed E-state index contributed by atoms with van der Waals surface area (Å²) >= 11 is 0. The fraction of sp³-hybridized carbons (Fsp3) is 0.0789. The van der Waals surface area contributed by atoms with Crippen molar-refractivity contribution in [3.63, 3.8) is 0 Å². The van der Waals surface area contributed by atoms with Crippen molar-refractivity contribution in [1.82, 2.24) is 0 Å². The highest BCUT2D eigenvalue weighted by Gasteiger charge is 2.38. The summed E-state index contributed by atoms with van der Waals surface area (Å²) in [6, 6.07) is 98.4. The molecule has 0 aliphatic heterocycles. The Kier molecular flexibility index (Phi) is 11.2. The van der Waals surface area contributed by atoms with E-state index in [-0.39, 0.29) is 10.8 Å². The first-order valence-corrected chi connectivity index (χ1v) is 27.3. The number of rotatable bonds is 10. The van der Waals surface area contributed by atoms with Gasteiger partial charge < -0.3 is 9.80 Å². The molecule has 0 radical (unpaired) electrons. The summed E-state index contributed by atoms with van der Waals surface area (Å²) < 4.78 is 0. The van der Waals surface area contributed by atoms with Crippen molar-refractivity contribution in [3.05, 3.63) is 300 Å². The minimum absolute atomic E-state index is 0.214. The van der Waals surface area contributed by atoms with Crippen LogP contribution < -0.4 is 9.80 Å². The molecule has 12 aromatic carbocycles. The minimum atomic E-state index is -0.214. The van der Waals surface area contributed by atoms with E-state index in [0.717, 1.165) is 34.1 Å². The van der Waals surface area contributed by atoms with Crippen LogP contribution in [0.4, 0.5) is 34.1 Å². The zero-order valence-electron chi connectivity index (χ0n) is 44.5. The monoisotopic (exact) mass is 998 g/mol. The van der Waals surface area contributed by atoms with E-state index in [1.54, 1.807) is 0 Å². The quantitative estimate of drug-likeness (QED) is 0.126. The van der Waals surface area contributed by atoms with Gasteiger partial charge in [-0.05, 0) is 172 Å². The third-order valence-electron chi connectivity index (χ3n) is 16.8. The van der Waals surface area contributed by atoms with Crippen LogP contribution in [0.3, 0.4) is 0 Å². The lowest BCUT2D eigenvalue weighted by molar-refractivity contribution is 0.660. The number of hydrogen-bond acceptors (Lipinski definition) is 2. The van der Waals surface area contributed by atoms with E-state index in [1.165, 1.54) is 99.4 Å². The summed E-state index contributed by atoms with van der Waals surface area (Å²) in [6.45, 7) is 9.55. The molecule has 0 atom stereocenters. The van der Waals surface area contributed by atoms with E-state index >= 15 is 0 Å². The molecule has 372 valence electrons. The van der Waals surface area contributed by atoms with Gasteiger partial charge >= 0.3 is 0 Å². The average molecular weight is 999 g/mol. The molecule has 0 saturated carbocycles. The topological polar surface area (TPSA) is 6.48 Å². The van der Waals surface area contributed by atoms with Gasteiger partial charge in [0, 0.05) is 45.0 Å². The maximum atomic E-state index is 2.43. The fourth-order valence-corrected chi connectivity index (χ4v) is 12.6. The van der Waals surface area contributed by atoms with Gasteiger partial charge in [-0.2, -0.15) is 0 Å². The molecule has 14 rings (SSSR count). The van der Waals surface area contributed by atoms with Crippen LogP contribution in [0.5, 0.6) is 0 Å². The standard InChI is InChI=1S/C76H58N2/c1-75(2)71-45-51(25-41-67(71)69-43-39-65(49-73(69)75)77(63-37-31-55-19-11-13-21-59(55)47-63)61-33-27-57(28-34-61)53-15-7-5-8-16-53)23-24-52-26-42-68-70-44-40-66(50-74(70)76(3,4)72(68)46-52)78(64-38-32-56-20-12-14-22-60(56)48-64)62-35-29-58(30-36-62)54-17-9-6-10-18-54/h5-50H,1-4H3/b24-23+. The van der Waals surface area contributed by atoms with Gasteiger partial charge in [-0.3, -0.25) is 0 Å². The number of benzene rings is 12. The first-order valence-electron chi connectivity index (χ1n) is 27.3. The van der Waals surface area contributed by atoms with Crippen molar-refractivity contribution in [3.8, 4) is 44.5 Å². The van der Waals surface area contributed by atoms with E-state index in [4.69, 9.17) is 0 Å². The maximum absolute atomic E-state index is 2.43. The molecule has 2 aliphatic rings. The first-order chi connectivity index (χ1) is 38.1. The Hall–Kier alpha value is -9.50. The highest BCUT2D eigenvalue weighted by molar-refractivity contribution is 5.94. The molecule has 0 amide bonds. The molecular weight excluding hydrogens is 941 g/mol. The highest BCUT2D eigenvalue weighted by Crippen LogP contribution is 2.53. The van der Waals surface area contributed by atoms with Crippen molar-refractivity contribution in [1.29, 1.82) is 0 Å². The highest BCUT2D eigenvalue weighted by atomic mass is 15.1. The second kappa shape index (κ2) is 18.7. The second-order valence-electron chi connectivity index (χ2n) is 22.2. The van der Waals surface area contributed by atoms with Crippen LogP contribution in [-0.2, 0) is 10.8 Å². The summed E-state index contributed by atoms with van der Waals surface area (Å²) in [5.41, 5.74) is 24.2. The minimum Gasteiger partial charge on any atom is -0.310 e. The fourth-order valence-electron chi connectivity index (χ4n) is 12.6. The van der Waals surface area contributed by atoms with Gasteiger partial charge in [-0.25, -0.2) is 0 Å². The van der Waals surface area contributed by atoms with Crippen LogP contribution in [0.2, 0.25) is 0 Å². The van der Waals surface area contributed by atoms with E-state index in [1.807, 2.05) is 0 Å². The van der Waals surface area contributed by atoms with Crippen molar-refractivity contribution in [2.75, 3.05) is 9.80 Å². The summed E-state index contributed by atoms with van der Waals surface area (Å²) in [7, 11) is 0. The summed E-state index contributed by atoms with van der Waals surface area (Å²) in [6.07, 6.45) is 4.59. The van der Waals surface area contributed by atoms with E-state index in [2.05, 4.69) is 317 Å². The van der Waals surface area contributed by atoms with E-state index < -0.39 is 0 Å². The third kappa shape index (κ3) is 8.12. The lowest BCUT2D eigenvalue weighted by Crippen LogP contribution is -2.16. The summed E-state index contributed by atoms with van der Waals surface area (Å²) in [5, 5.41) is 4.91. The molecule has 0 aromatic heterocycles. The van der Waals surface area contributed by atoms with Crippen LogP contribution in [0.1, 0.15) is 61.1 Å². The molecule has 0 unspecified atom stereocenters. The van der Waals surface area contributed by atoms with Crippen molar-refractivity contribution in [2.45, 2.75) is 38.5 Å². The van der Waals surface area contributed by atoms with Gasteiger partial charge in [-0.15, -0.1) is 0 Å². The molecule has 2 heteroatoms. The largest absolute Gasteiger partial charge is 0.310 e. The molecule has 12 aromatic rings. The van der Waals surface area contributed by atoms with Crippen molar-refractivity contribution < 1.29 is 0 Å². The molecule has 2 aliphatic carbocycles. The zero-order chi connectivity index (χ0) is 52.5. The Labute approximate surface area is 458 Å². The van der Waals surface area contributed by atoms with Crippen molar-refractivity contribution >= 4 is 67.8 Å². The Morgan fingerprint density at radius 3 is 0.936 bits per heavy atom. The van der Waals surface area contributed by atoms with E-state index in [0.29, 0.717) is 0 Å². The molecule has 0 bridgehead atoms. The van der Waals surface area contributed by atoms with Crippen LogP contribution in [0.25, 0.3) is 78.2 Å². The van der Waals surface area contributed by atoms with Crippen LogP contribution in [0.15, 0.2) is 267 Å². The van der Waals surface area contributed by atoms with Crippen LogP contribution in [0, 0.1) is 0 Å². The smallest absolute Gasteiger partial charge is 0.0468 e. The first kappa shape index (κ1) is 47.0. The van der Waals surface area contributed by atoms with Gasteiger partial charge in [0.1, 0.15) is 0 Å². The predicted molar refractivity (Wildman–Crippen MR) is 332 cm³/mol. The Morgan fingerprint density at radius 1 is 0.244 bits per heavy atom. The molecule has 0 N–H and O–H groups in total. The number of nitrogens with zero attached hydrogens (tertiary/aromatic N) is 2. The molecule has 0 spiro atoms. The maximum Gasteiger partial charge on any atom is 0.0468 e. The normalized spacial score (nSPS) is 13.5. The molecule has 0 fully saturated rings. The summed E-state index contributed by atoms with van der Waals surface area (Å²) in [4.78, 5) is 4.83. The van der Waals surface area contributed by atoms with Crippen LogP contribution >= 0.6 is 0 Å². The molecule has 0 heterocycles. The molecule has 2 nitrogen and oxygen atoms in total. The predicted octanol–water partition coefficient (Wildman–Crippen LogP) is 21.0. The van der Waals surface area contributed by atoms with Gasteiger partial charge in [0.2, 0.25) is 0 Å². The molecule has 78 heavy (non-hydrogen) atoms. The summed E-state index contributed by atoms with van der Waals surface area (Å²) in [5.74, 6) is 0. The molecular formula is C76H58N2. The SMILES string of the molecule is CC1(C)c2cc(/C=C/c3ccc4c(c3)C(C)(C)c3cc(N(c5ccc(-c6ccccc6)cc5)c5ccc6ccccc6c5)ccc3-4)ccc2-c2ccc(N(c3ccc(-c4ccccc4)cc3)c3ccc4ccccc4c3)cc21. The van der Waals surface area contributed by atoms with Crippen LogP contribution in [-0.4, -0.2) is 0 Å². The zero-order valence-corrected chi connectivity index (χ0v) is 44.5. The lowest BCUT2D eigenvalue weighted by Gasteiger charge is -2.28. The van der Waals surface area contributed by atoms with Crippen molar-refractivity contribution in [2.24, 2.45) is 0 Å². The number of hydrogen-bond donors (Lipinski definition) is 0. The lowest BCUT2D eigenvalue weighted by atomic mass is 9.81.